The van der Waals surface area contributed by atoms with E-state index in [2.05, 4.69) is 32.9 Å². The van der Waals surface area contributed by atoms with Crippen molar-refractivity contribution >= 4 is 0 Å². The molecular formula is C14H15N5O. The van der Waals surface area contributed by atoms with Crippen LogP contribution in [0.15, 0.2) is 53.1 Å². The standard InChI is InChI=1S/C14H15N5O/c1-15-10-12(11-6-3-2-4-7-11)19-17-14(16-18-19)13-8-5-9-20-13/h2-9,12,15H,10H2,1H3. The van der Waals surface area contributed by atoms with Crippen molar-refractivity contribution < 1.29 is 4.42 Å². The van der Waals surface area contributed by atoms with Crippen LogP contribution in [0.5, 0.6) is 0 Å². The lowest BCUT2D eigenvalue weighted by Crippen LogP contribution is -2.25. The second-order valence-corrected chi connectivity index (χ2v) is 4.39. The summed E-state index contributed by atoms with van der Waals surface area (Å²) in [6.07, 6.45) is 1.60. The lowest BCUT2D eigenvalue weighted by atomic mass is 10.1. The number of nitrogens with one attached hydrogen (secondary N) is 1. The van der Waals surface area contributed by atoms with Crippen molar-refractivity contribution in [2.24, 2.45) is 0 Å². The molecule has 6 heteroatoms. The van der Waals surface area contributed by atoms with Crippen molar-refractivity contribution in [2.45, 2.75) is 6.04 Å². The Labute approximate surface area is 116 Å². The van der Waals surface area contributed by atoms with Gasteiger partial charge in [0, 0.05) is 6.54 Å². The Kier molecular flexibility index (Phi) is 3.56. The molecule has 3 aromatic rings. The summed E-state index contributed by atoms with van der Waals surface area (Å²) in [7, 11) is 1.90. The first-order valence-corrected chi connectivity index (χ1v) is 6.41. The fourth-order valence-electron chi connectivity index (χ4n) is 2.06. The van der Waals surface area contributed by atoms with E-state index in [-0.39, 0.29) is 6.04 Å². The predicted octanol–water partition coefficient (Wildman–Crippen LogP) is 1.74. The topological polar surface area (TPSA) is 68.8 Å². The monoisotopic (exact) mass is 269 g/mol. The fourth-order valence-corrected chi connectivity index (χ4v) is 2.06. The Hall–Kier alpha value is -2.47. The number of likely N-dealkylation sites (N-methyl/N-ethyl adjacent to an activating group) is 1. The maximum atomic E-state index is 5.28. The van der Waals surface area contributed by atoms with Gasteiger partial charge in [0.15, 0.2) is 5.76 Å². The van der Waals surface area contributed by atoms with Gasteiger partial charge in [-0.3, -0.25) is 0 Å². The van der Waals surface area contributed by atoms with E-state index in [9.17, 15) is 0 Å². The van der Waals surface area contributed by atoms with Crippen LogP contribution >= 0.6 is 0 Å². The molecule has 0 radical (unpaired) electrons. The normalized spacial score (nSPS) is 12.4. The summed E-state index contributed by atoms with van der Waals surface area (Å²) in [6, 6.07) is 13.7. The van der Waals surface area contributed by atoms with Crippen molar-refractivity contribution in [3.8, 4) is 11.6 Å². The highest BCUT2D eigenvalue weighted by molar-refractivity contribution is 5.44. The van der Waals surface area contributed by atoms with Gasteiger partial charge in [0.2, 0.25) is 5.82 Å². The van der Waals surface area contributed by atoms with E-state index in [1.165, 1.54) is 0 Å². The van der Waals surface area contributed by atoms with E-state index < -0.39 is 0 Å². The minimum atomic E-state index is -0.00240. The van der Waals surface area contributed by atoms with E-state index in [1.54, 1.807) is 17.1 Å². The summed E-state index contributed by atoms with van der Waals surface area (Å²) in [6.45, 7) is 0.720. The number of benzene rings is 1. The number of rotatable bonds is 5. The summed E-state index contributed by atoms with van der Waals surface area (Å²) < 4.78 is 5.28. The van der Waals surface area contributed by atoms with Gasteiger partial charge in [-0.15, -0.1) is 10.2 Å². The van der Waals surface area contributed by atoms with Crippen LogP contribution in [0.3, 0.4) is 0 Å². The van der Waals surface area contributed by atoms with Gasteiger partial charge in [-0.2, -0.15) is 4.80 Å². The van der Waals surface area contributed by atoms with Crippen molar-refractivity contribution in [3.05, 3.63) is 54.3 Å². The lowest BCUT2D eigenvalue weighted by molar-refractivity contribution is 0.436. The van der Waals surface area contributed by atoms with Crippen molar-refractivity contribution in [1.29, 1.82) is 0 Å². The number of hydrogen-bond acceptors (Lipinski definition) is 5. The zero-order chi connectivity index (χ0) is 13.8. The number of furan rings is 1. The van der Waals surface area contributed by atoms with Gasteiger partial charge >= 0.3 is 0 Å². The second-order valence-electron chi connectivity index (χ2n) is 4.39. The number of nitrogens with zero attached hydrogens (tertiary/aromatic N) is 4. The highest BCUT2D eigenvalue weighted by atomic mass is 16.3. The summed E-state index contributed by atoms with van der Waals surface area (Å²) in [4.78, 5) is 1.61. The van der Waals surface area contributed by atoms with Gasteiger partial charge in [0.1, 0.15) is 6.04 Å². The largest absolute Gasteiger partial charge is 0.461 e. The number of aromatic nitrogens is 4. The van der Waals surface area contributed by atoms with Crippen LogP contribution < -0.4 is 5.32 Å². The minimum absolute atomic E-state index is 0.00240. The molecule has 20 heavy (non-hydrogen) atoms. The van der Waals surface area contributed by atoms with Gasteiger partial charge < -0.3 is 9.73 Å². The molecular weight excluding hydrogens is 254 g/mol. The van der Waals surface area contributed by atoms with E-state index in [1.807, 2.05) is 31.3 Å². The number of hydrogen-bond donors (Lipinski definition) is 1. The second kappa shape index (κ2) is 5.66. The van der Waals surface area contributed by atoms with Gasteiger partial charge in [-0.1, -0.05) is 30.3 Å². The quantitative estimate of drug-likeness (QED) is 0.764. The fraction of sp³-hybridized carbons (Fsp3) is 0.214. The molecule has 102 valence electrons. The SMILES string of the molecule is CNCC(c1ccccc1)n1nnc(-c2ccco2)n1. The summed E-state index contributed by atoms with van der Waals surface area (Å²) in [5, 5.41) is 15.8. The van der Waals surface area contributed by atoms with Gasteiger partial charge in [-0.05, 0) is 30.0 Å². The molecule has 0 fully saturated rings. The summed E-state index contributed by atoms with van der Waals surface area (Å²) in [5.41, 5.74) is 1.13. The van der Waals surface area contributed by atoms with Crippen molar-refractivity contribution in [1.82, 2.24) is 25.5 Å². The van der Waals surface area contributed by atoms with Gasteiger partial charge in [0.25, 0.3) is 0 Å². The van der Waals surface area contributed by atoms with Crippen LogP contribution in [-0.2, 0) is 0 Å². The first kappa shape index (κ1) is 12.6. The first-order valence-electron chi connectivity index (χ1n) is 6.41. The zero-order valence-corrected chi connectivity index (χ0v) is 11.1. The molecule has 0 aliphatic carbocycles. The molecule has 0 amide bonds. The third-order valence-corrected chi connectivity index (χ3v) is 3.03. The van der Waals surface area contributed by atoms with Crippen LogP contribution in [0.1, 0.15) is 11.6 Å². The Bertz CT molecular complexity index is 647. The molecule has 0 aliphatic heterocycles. The van der Waals surface area contributed by atoms with E-state index >= 15 is 0 Å². The first-order chi connectivity index (χ1) is 9.88. The average molecular weight is 269 g/mol. The predicted molar refractivity (Wildman–Crippen MR) is 74.0 cm³/mol. The van der Waals surface area contributed by atoms with Crippen LogP contribution in [0.25, 0.3) is 11.6 Å². The van der Waals surface area contributed by atoms with E-state index in [0.717, 1.165) is 12.1 Å². The molecule has 1 aromatic carbocycles. The van der Waals surface area contributed by atoms with E-state index in [0.29, 0.717) is 11.6 Å². The Morgan fingerprint density at radius 3 is 2.75 bits per heavy atom. The molecule has 1 atom stereocenters. The molecule has 0 saturated heterocycles. The summed E-state index contributed by atoms with van der Waals surface area (Å²) >= 11 is 0. The molecule has 0 spiro atoms. The Balaban J connectivity index is 1.92. The maximum absolute atomic E-state index is 5.28. The molecule has 0 aliphatic rings. The minimum Gasteiger partial charge on any atom is -0.461 e. The van der Waals surface area contributed by atoms with Crippen molar-refractivity contribution in [2.75, 3.05) is 13.6 Å². The molecule has 0 bridgehead atoms. The smallest absolute Gasteiger partial charge is 0.240 e. The van der Waals surface area contributed by atoms with Crippen LogP contribution in [0.4, 0.5) is 0 Å². The van der Waals surface area contributed by atoms with Gasteiger partial charge in [0.05, 0.1) is 6.26 Å². The van der Waals surface area contributed by atoms with E-state index in [4.69, 9.17) is 4.42 Å². The highest BCUT2D eigenvalue weighted by Gasteiger charge is 2.17. The zero-order valence-electron chi connectivity index (χ0n) is 11.1. The van der Waals surface area contributed by atoms with Crippen molar-refractivity contribution in [3.63, 3.8) is 0 Å². The molecule has 0 saturated carbocycles. The molecule has 6 nitrogen and oxygen atoms in total. The van der Waals surface area contributed by atoms with Crippen LogP contribution in [-0.4, -0.2) is 33.8 Å². The third kappa shape index (κ3) is 2.46. The highest BCUT2D eigenvalue weighted by Crippen LogP contribution is 2.18. The average Bonchev–Trinajstić information content (AvgIpc) is 3.16. The maximum Gasteiger partial charge on any atom is 0.240 e. The summed E-state index contributed by atoms with van der Waals surface area (Å²) in [5.74, 6) is 1.11. The molecule has 2 aromatic heterocycles. The van der Waals surface area contributed by atoms with Crippen LogP contribution in [0, 0.1) is 0 Å². The molecule has 1 N–H and O–H groups in total. The lowest BCUT2D eigenvalue weighted by Gasteiger charge is -2.15. The van der Waals surface area contributed by atoms with Gasteiger partial charge in [-0.25, -0.2) is 0 Å². The van der Waals surface area contributed by atoms with Crippen LogP contribution in [0.2, 0.25) is 0 Å². The number of tetrazole rings is 1. The molecule has 2 heterocycles. The third-order valence-electron chi connectivity index (χ3n) is 3.03. The molecule has 1 unspecified atom stereocenters. The molecule has 3 rings (SSSR count). The Morgan fingerprint density at radius 2 is 2.05 bits per heavy atom. The Morgan fingerprint density at radius 1 is 1.20 bits per heavy atom.